The molecule has 0 saturated carbocycles. The Morgan fingerprint density at radius 3 is 2.33 bits per heavy atom. The summed E-state index contributed by atoms with van der Waals surface area (Å²) in [5, 5.41) is 0. The maximum Gasteiger partial charge on any atom is 0.392 e. The standard InChI is InChI=1S/C10H10F4O3S/c1-6-2-3-9(18(15,16)17)7(4-6)8(11)5-10(12,13)14/h2-4,8H,5H2,1H3,(H,15,16,17). The van der Waals surface area contributed by atoms with Crippen LogP contribution < -0.4 is 0 Å². The topological polar surface area (TPSA) is 54.4 Å². The van der Waals surface area contributed by atoms with Gasteiger partial charge in [-0.2, -0.15) is 21.6 Å². The van der Waals surface area contributed by atoms with E-state index >= 15 is 0 Å². The Balaban J connectivity index is 3.26. The molecule has 0 fully saturated rings. The molecule has 0 saturated heterocycles. The summed E-state index contributed by atoms with van der Waals surface area (Å²) in [4.78, 5) is -0.843. The van der Waals surface area contributed by atoms with E-state index in [0.717, 1.165) is 12.1 Å². The van der Waals surface area contributed by atoms with E-state index in [2.05, 4.69) is 0 Å². The van der Waals surface area contributed by atoms with Gasteiger partial charge < -0.3 is 0 Å². The minimum Gasteiger partial charge on any atom is -0.282 e. The van der Waals surface area contributed by atoms with Crippen LogP contribution in [0.4, 0.5) is 17.6 Å². The molecule has 0 spiro atoms. The van der Waals surface area contributed by atoms with Crippen LogP contribution in [0.1, 0.15) is 23.7 Å². The van der Waals surface area contributed by atoms with Gasteiger partial charge in [-0.3, -0.25) is 4.55 Å². The van der Waals surface area contributed by atoms with Crippen molar-refractivity contribution in [3.05, 3.63) is 29.3 Å². The quantitative estimate of drug-likeness (QED) is 0.685. The van der Waals surface area contributed by atoms with Gasteiger partial charge in [-0.1, -0.05) is 17.7 Å². The zero-order chi connectivity index (χ0) is 14.1. The van der Waals surface area contributed by atoms with Crippen molar-refractivity contribution in [2.75, 3.05) is 0 Å². The Hall–Kier alpha value is -1.15. The van der Waals surface area contributed by atoms with Crippen molar-refractivity contribution in [1.82, 2.24) is 0 Å². The number of hydrogen-bond donors (Lipinski definition) is 1. The van der Waals surface area contributed by atoms with Gasteiger partial charge in [0.05, 0.1) is 11.3 Å². The lowest BCUT2D eigenvalue weighted by Crippen LogP contribution is -2.14. The van der Waals surface area contributed by atoms with E-state index in [4.69, 9.17) is 4.55 Å². The highest BCUT2D eigenvalue weighted by molar-refractivity contribution is 7.85. The number of rotatable bonds is 3. The van der Waals surface area contributed by atoms with Crippen LogP contribution in [0.15, 0.2) is 23.1 Å². The van der Waals surface area contributed by atoms with Crippen molar-refractivity contribution in [2.24, 2.45) is 0 Å². The van der Waals surface area contributed by atoms with Crippen LogP contribution in [0, 0.1) is 6.92 Å². The fourth-order valence-corrected chi connectivity index (χ4v) is 2.19. The third-order valence-electron chi connectivity index (χ3n) is 2.19. The summed E-state index contributed by atoms with van der Waals surface area (Å²) < 4.78 is 80.4. The summed E-state index contributed by atoms with van der Waals surface area (Å²) in [5.41, 5.74) is -0.294. The second-order valence-electron chi connectivity index (χ2n) is 3.80. The van der Waals surface area contributed by atoms with E-state index in [1.165, 1.54) is 13.0 Å². The maximum atomic E-state index is 13.5. The normalized spacial score (nSPS) is 14.6. The average Bonchev–Trinajstić information content (AvgIpc) is 2.12. The van der Waals surface area contributed by atoms with Gasteiger partial charge in [0.15, 0.2) is 0 Å². The molecule has 0 aliphatic carbocycles. The van der Waals surface area contributed by atoms with Crippen molar-refractivity contribution >= 4 is 10.1 Å². The molecule has 0 aromatic heterocycles. The minimum absolute atomic E-state index is 0.391. The van der Waals surface area contributed by atoms with Gasteiger partial charge in [0.1, 0.15) is 6.17 Å². The number of hydrogen-bond acceptors (Lipinski definition) is 2. The fraction of sp³-hybridized carbons (Fsp3) is 0.400. The van der Waals surface area contributed by atoms with Crippen molar-refractivity contribution in [3.63, 3.8) is 0 Å². The number of halogens is 4. The summed E-state index contributed by atoms with van der Waals surface area (Å²) in [6, 6.07) is 3.11. The van der Waals surface area contributed by atoms with Gasteiger partial charge >= 0.3 is 6.18 Å². The molecule has 1 aromatic carbocycles. The van der Waals surface area contributed by atoms with Crippen LogP contribution in [0.5, 0.6) is 0 Å². The Morgan fingerprint density at radius 1 is 1.33 bits per heavy atom. The van der Waals surface area contributed by atoms with Crippen molar-refractivity contribution in [1.29, 1.82) is 0 Å². The van der Waals surface area contributed by atoms with Crippen molar-refractivity contribution < 1.29 is 30.5 Å². The molecule has 0 bridgehead atoms. The minimum atomic E-state index is -4.76. The molecule has 1 aromatic rings. The molecule has 102 valence electrons. The van der Waals surface area contributed by atoms with E-state index in [-0.39, 0.29) is 0 Å². The van der Waals surface area contributed by atoms with Gasteiger partial charge in [0.2, 0.25) is 0 Å². The van der Waals surface area contributed by atoms with Crippen LogP contribution in [-0.4, -0.2) is 19.1 Å². The highest BCUT2D eigenvalue weighted by atomic mass is 32.2. The third kappa shape index (κ3) is 3.95. The third-order valence-corrected chi connectivity index (χ3v) is 3.12. The van der Waals surface area contributed by atoms with Crippen LogP contribution in [-0.2, 0) is 10.1 Å². The lowest BCUT2D eigenvalue weighted by Gasteiger charge is -2.14. The molecule has 18 heavy (non-hydrogen) atoms. The van der Waals surface area contributed by atoms with Crippen molar-refractivity contribution in [2.45, 2.75) is 30.6 Å². The summed E-state index contributed by atoms with van der Waals surface area (Å²) in [7, 11) is -4.76. The number of alkyl halides is 4. The summed E-state index contributed by atoms with van der Waals surface area (Å²) in [6.45, 7) is 1.47. The number of aryl methyl sites for hydroxylation is 1. The Labute approximate surface area is 101 Å². The molecule has 1 N–H and O–H groups in total. The zero-order valence-electron chi connectivity index (χ0n) is 9.20. The van der Waals surface area contributed by atoms with Crippen LogP contribution in [0.25, 0.3) is 0 Å². The smallest absolute Gasteiger partial charge is 0.282 e. The van der Waals surface area contributed by atoms with Gasteiger partial charge in [-0.05, 0) is 13.0 Å². The molecule has 0 aliphatic rings. The van der Waals surface area contributed by atoms with Gasteiger partial charge in [0.25, 0.3) is 10.1 Å². The van der Waals surface area contributed by atoms with Crippen molar-refractivity contribution in [3.8, 4) is 0 Å². The average molecular weight is 286 g/mol. The monoisotopic (exact) mass is 286 g/mol. The predicted molar refractivity (Wildman–Crippen MR) is 55.5 cm³/mol. The first-order valence-electron chi connectivity index (χ1n) is 4.79. The van der Waals surface area contributed by atoms with Gasteiger partial charge in [-0.25, -0.2) is 4.39 Å². The van der Waals surface area contributed by atoms with E-state index in [1.54, 1.807) is 0 Å². The molecule has 0 radical (unpaired) electrons. The first-order valence-corrected chi connectivity index (χ1v) is 6.23. The van der Waals surface area contributed by atoms with Crippen LogP contribution in [0.2, 0.25) is 0 Å². The Kier molecular flexibility index (Phi) is 4.02. The highest BCUT2D eigenvalue weighted by Crippen LogP contribution is 2.35. The molecule has 1 rings (SSSR count). The molecule has 0 amide bonds. The molecule has 0 heterocycles. The maximum absolute atomic E-state index is 13.5. The summed E-state index contributed by atoms with van der Waals surface area (Å²) >= 11 is 0. The fourth-order valence-electron chi connectivity index (χ4n) is 1.46. The lowest BCUT2D eigenvalue weighted by molar-refractivity contribution is -0.146. The van der Waals surface area contributed by atoms with E-state index in [0.29, 0.717) is 5.56 Å². The molecule has 0 aliphatic heterocycles. The Morgan fingerprint density at radius 2 is 1.89 bits per heavy atom. The van der Waals surface area contributed by atoms with Gasteiger partial charge in [-0.15, -0.1) is 0 Å². The molecule has 8 heteroatoms. The van der Waals surface area contributed by atoms with Crippen LogP contribution >= 0.6 is 0 Å². The largest absolute Gasteiger partial charge is 0.392 e. The Bertz CT molecular complexity index is 537. The van der Waals surface area contributed by atoms with E-state index in [9.17, 15) is 26.0 Å². The molecular weight excluding hydrogens is 276 g/mol. The SMILES string of the molecule is Cc1ccc(S(=O)(=O)O)c(C(F)CC(F)(F)F)c1. The summed E-state index contributed by atoms with van der Waals surface area (Å²) in [6.07, 6.45) is -9.11. The van der Waals surface area contributed by atoms with E-state index < -0.39 is 39.3 Å². The molecular formula is C10H10F4O3S. The molecule has 1 unspecified atom stereocenters. The summed E-state index contributed by atoms with van der Waals surface area (Å²) in [5.74, 6) is 0. The van der Waals surface area contributed by atoms with E-state index in [1.807, 2.05) is 0 Å². The van der Waals surface area contributed by atoms with Gasteiger partial charge in [0, 0.05) is 5.56 Å². The number of benzene rings is 1. The highest BCUT2D eigenvalue weighted by Gasteiger charge is 2.35. The van der Waals surface area contributed by atoms with Crippen LogP contribution in [0.3, 0.4) is 0 Å². The zero-order valence-corrected chi connectivity index (χ0v) is 10.0. The molecule has 1 atom stereocenters. The second kappa shape index (κ2) is 4.85. The molecule has 3 nitrogen and oxygen atoms in total. The predicted octanol–water partition coefficient (Wildman–Crippen LogP) is 3.20. The first-order chi connectivity index (χ1) is 8.00. The lowest BCUT2D eigenvalue weighted by atomic mass is 10.1. The second-order valence-corrected chi connectivity index (χ2v) is 5.19. The first kappa shape index (κ1) is 14.9.